The van der Waals surface area contributed by atoms with Crippen LogP contribution in [0.2, 0.25) is 0 Å². The van der Waals surface area contributed by atoms with Crippen LogP contribution in [0.5, 0.6) is 0 Å². The van der Waals surface area contributed by atoms with Crippen LogP contribution >= 0.6 is 0 Å². The maximum Gasteiger partial charge on any atom is 0.121 e. The number of hydrogen-bond acceptors (Lipinski definition) is 2. The van der Waals surface area contributed by atoms with Gasteiger partial charge in [0.05, 0.1) is 12.9 Å². The Hall–Kier alpha value is -0.500. The second-order valence-electron chi connectivity index (χ2n) is 3.14. The molecule has 0 bridgehead atoms. The van der Waals surface area contributed by atoms with Gasteiger partial charge in [-0.2, -0.15) is 0 Å². The van der Waals surface area contributed by atoms with Gasteiger partial charge in [-0.25, -0.2) is 0 Å². The van der Waals surface area contributed by atoms with Crippen LogP contribution in [0.15, 0.2) is 12.3 Å². The van der Waals surface area contributed by atoms with Crippen molar-refractivity contribution in [2.45, 2.75) is 38.7 Å². The van der Waals surface area contributed by atoms with Crippen LogP contribution in [-0.4, -0.2) is 19.3 Å². The highest BCUT2D eigenvalue weighted by atomic mass is 16.5. The molecule has 12 heavy (non-hydrogen) atoms. The van der Waals surface area contributed by atoms with E-state index in [0.29, 0.717) is 6.10 Å². The molecule has 1 aliphatic heterocycles. The highest BCUT2D eigenvalue weighted by Crippen LogP contribution is 2.10. The van der Waals surface area contributed by atoms with Gasteiger partial charge in [0.1, 0.15) is 6.10 Å². The average molecular weight is 170 g/mol. The Morgan fingerprint density at radius 1 is 1.58 bits per heavy atom. The van der Waals surface area contributed by atoms with Crippen molar-refractivity contribution < 1.29 is 9.47 Å². The molecule has 1 rings (SSSR count). The van der Waals surface area contributed by atoms with E-state index in [-0.39, 0.29) is 0 Å². The number of allylic oxidation sites excluding steroid dienone is 1. The molecule has 0 N–H and O–H groups in total. The van der Waals surface area contributed by atoms with Gasteiger partial charge >= 0.3 is 0 Å². The molecule has 1 heterocycles. The van der Waals surface area contributed by atoms with Crippen LogP contribution < -0.4 is 0 Å². The molecule has 0 radical (unpaired) electrons. The molecule has 2 heteroatoms. The van der Waals surface area contributed by atoms with Crippen LogP contribution in [-0.2, 0) is 9.47 Å². The Labute approximate surface area is 74.6 Å². The van der Waals surface area contributed by atoms with E-state index in [4.69, 9.17) is 9.47 Å². The molecular weight excluding hydrogens is 152 g/mol. The third-order valence-electron chi connectivity index (χ3n) is 1.97. The van der Waals surface area contributed by atoms with E-state index in [0.717, 1.165) is 32.5 Å². The van der Waals surface area contributed by atoms with Crippen molar-refractivity contribution in [2.24, 2.45) is 0 Å². The Kier molecular flexibility index (Phi) is 4.85. The molecule has 0 saturated heterocycles. The summed E-state index contributed by atoms with van der Waals surface area (Å²) in [6.45, 7) is 3.80. The van der Waals surface area contributed by atoms with E-state index < -0.39 is 0 Å². The van der Waals surface area contributed by atoms with Crippen molar-refractivity contribution >= 4 is 0 Å². The first-order valence-electron chi connectivity index (χ1n) is 4.81. The van der Waals surface area contributed by atoms with Gasteiger partial charge < -0.3 is 9.47 Å². The number of unbranched alkanes of at least 4 members (excludes halogenated alkanes) is 1. The largest absolute Gasteiger partial charge is 0.496 e. The summed E-state index contributed by atoms with van der Waals surface area (Å²) in [5.74, 6) is 0. The van der Waals surface area contributed by atoms with Gasteiger partial charge in [-0.1, -0.05) is 13.3 Å². The van der Waals surface area contributed by atoms with Gasteiger partial charge in [-0.3, -0.25) is 0 Å². The summed E-state index contributed by atoms with van der Waals surface area (Å²) < 4.78 is 10.8. The summed E-state index contributed by atoms with van der Waals surface area (Å²) in [6.07, 6.45) is 8.73. The topological polar surface area (TPSA) is 18.5 Å². The Balaban J connectivity index is 1.95. The predicted molar refractivity (Wildman–Crippen MR) is 49.0 cm³/mol. The first kappa shape index (κ1) is 9.59. The fourth-order valence-electron chi connectivity index (χ4n) is 1.17. The highest BCUT2D eigenvalue weighted by Gasteiger charge is 2.09. The Morgan fingerprint density at radius 3 is 3.17 bits per heavy atom. The normalized spacial score (nSPS) is 22.2. The predicted octanol–water partition coefficient (Wildman–Crippen LogP) is 2.50. The minimum Gasteiger partial charge on any atom is -0.496 e. The lowest BCUT2D eigenvalue weighted by Crippen LogP contribution is -2.19. The lowest BCUT2D eigenvalue weighted by Gasteiger charge is -2.18. The smallest absolute Gasteiger partial charge is 0.121 e. The monoisotopic (exact) mass is 170 g/mol. The number of rotatable bonds is 5. The van der Waals surface area contributed by atoms with Crippen LogP contribution in [0.1, 0.15) is 32.6 Å². The van der Waals surface area contributed by atoms with Crippen molar-refractivity contribution in [3.05, 3.63) is 12.3 Å². The third-order valence-corrected chi connectivity index (χ3v) is 1.97. The fourth-order valence-corrected chi connectivity index (χ4v) is 1.17. The Morgan fingerprint density at radius 2 is 2.50 bits per heavy atom. The molecule has 1 atom stereocenters. The van der Waals surface area contributed by atoms with E-state index >= 15 is 0 Å². The zero-order chi connectivity index (χ0) is 8.65. The molecule has 0 amide bonds. The molecule has 0 aliphatic carbocycles. The standard InChI is InChI=1S/C10H18O2/c1-2-3-7-11-9-10-6-4-5-8-12-10/h5,8,10H,2-4,6-7,9H2,1H3. The summed E-state index contributed by atoms with van der Waals surface area (Å²) >= 11 is 0. The van der Waals surface area contributed by atoms with Crippen molar-refractivity contribution in [1.82, 2.24) is 0 Å². The van der Waals surface area contributed by atoms with Gasteiger partial charge in [0.25, 0.3) is 0 Å². The zero-order valence-electron chi connectivity index (χ0n) is 7.79. The summed E-state index contributed by atoms with van der Waals surface area (Å²) in [4.78, 5) is 0. The van der Waals surface area contributed by atoms with Crippen LogP contribution in [0.3, 0.4) is 0 Å². The van der Waals surface area contributed by atoms with Gasteiger partial charge in [0.15, 0.2) is 0 Å². The molecule has 0 saturated carbocycles. The molecule has 1 unspecified atom stereocenters. The summed E-state index contributed by atoms with van der Waals surface area (Å²) in [7, 11) is 0. The molecule has 0 aromatic rings. The minimum absolute atomic E-state index is 0.298. The second kappa shape index (κ2) is 6.06. The van der Waals surface area contributed by atoms with Crippen LogP contribution in [0.25, 0.3) is 0 Å². The van der Waals surface area contributed by atoms with Gasteiger partial charge in [0.2, 0.25) is 0 Å². The molecule has 1 aliphatic rings. The zero-order valence-corrected chi connectivity index (χ0v) is 7.79. The highest BCUT2D eigenvalue weighted by molar-refractivity contribution is 4.81. The SMILES string of the molecule is CCCCOCC1CCC=CO1. The van der Waals surface area contributed by atoms with Crippen molar-refractivity contribution in [3.8, 4) is 0 Å². The molecule has 70 valence electrons. The summed E-state index contributed by atoms with van der Waals surface area (Å²) in [5, 5.41) is 0. The van der Waals surface area contributed by atoms with E-state index in [9.17, 15) is 0 Å². The lowest BCUT2D eigenvalue weighted by atomic mass is 10.2. The fraction of sp³-hybridized carbons (Fsp3) is 0.800. The third kappa shape index (κ3) is 3.77. The summed E-state index contributed by atoms with van der Waals surface area (Å²) in [6, 6.07) is 0. The molecule has 0 aromatic heterocycles. The second-order valence-corrected chi connectivity index (χ2v) is 3.14. The minimum atomic E-state index is 0.298. The first-order valence-corrected chi connectivity index (χ1v) is 4.81. The average Bonchev–Trinajstić information content (AvgIpc) is 2.14. The lowest BCUT2D eigenvalue weighted by molar-refractivity contribution is 0.0170. The molecular formula is C10H18O2. The first-order chi connectivity index (χ1) is 5.93. The van der Waals surface area contributed by atoms with Gasteiger partial charge in [-0.15, -0.1) is 0 Å². The van der Waals surface area contributed by atoms with Crippen LogP contribution in [0.4, 0.5) is 0 Å². The molecule has 2 nitrogen and oxygen atoms in total. The number of hydrogen-bond donors (Lipinski definition) is 0. The maximum absolute atomic E-state index is 5.45. The van der Waals surface area contributed by atoms with Crippen molar-refractivity contribution in [3.63, 3.8) is 0 Å². The molecule has 0 fully saturated rings. The van der Waals surface area contributed by atoms with E-state index in [1.807, 2.05) is 0 Å². The van der Waals surface area contributed by atoms with E-state index in [2.05, 4.69) is 13.0 Å². The van der Waals surface area contributed by atoms with Crippen molar-refractivity contribution in [1.29, 1.82) is 0 Å². The van der Waals surface area contributed by atoms with Crippen molar-refractivity contribution in [2.75, 3.05) is 13.2 Å². The maximum atomic E-state index is 5.45. The quantitative estimate of drug-likeness (QED) is 0.590. The van der Waals surface area contributed by atoms with Crippen LogP contribution in [0, 0.1) is 0 Å². The van der Waals surface area contributed by atoms with E-state index in [1.165, 1.54) is 6.42 Å². The Bertz CT molecular complexity index is 132. The molecule has 0 spiro atoms. The van der Waals surface area contributed by atoms with Gasteiger partial charge in [0, 0.05) is 6.61 Å². The van der Waals surface area contributed by atoms with E-state index in [1.54, 1.807) is 6.26 Å². The number of ether oxygens (including phenoxy) is 2. The van der Waals surface area contributed by atoms with Gasteiger partial charge in [-0.05, 0) is 25.3 Å². The summed E-state index contributed by atoms with van der Waals surface area (Å²) in [5.41, 5.74) is 0. The molecule has 0 aromatic carbocycles.